The number of hydrogen-bond donors (Lipinski definition) is 0. The van der Waals surface area contributed by atoms with Crippen LogP contribution in [-0.4, -0.2) is 4.57 Å². The molecule has 0 N–H and O–H groups in total. The first kappa shape index (κ1) is 14.1. The van der Waals surface area contributed by atoms with E-state index >= 15 is 0 Å². The molecule has 0 radical (unpaired) electrons. The van der Waals surface area contributed by atoms with E-state index in [1.54, 1.807) is 0 Å². The van der Waals surface area contributed by atoms with Gasteiger partial charge in [-0.05, 0) is 28.4 Å². The molecule has 1 rings (SSSR count). The third kappa shape index (κ3) is 4.41. The summed E-state index contributed by atoms with van der Waals surface area (Å²) in [6.45, 7) is 13.6. The van der Waals surface area contributed by atoms with Crippen LogP contribution in [0.1, 0.15) is 59.1 Å². The summed E-state index contributed by atoms with van der Waals surface area (Å²) in [6.07, 6.45) is 10.1. The van der Waals surface area contributed by atoms with Crippen molar-refractivity contribution in [3.8, 4) is 0 Å². The molecule has 1 nitrogen and oxygen atoms in total. The molecule has 0 aliphatic rings. The molecule has 1 aromatic rings. The summed E-state index contributed by atoms with van der Waals surface area (Å²) in [7, 11) is 2.09. The first-order valence-corrected chi connectivity index (χ1v) is 6.42. The van der Waals surface area contributed by atoms with Crippen LogP contribution in [0.4, 0.5) is 0 Å². The Morgan fingerprint density at radius 2 is 1.65 bits per heavy atom. The van der Waals surface area contributed by atoms with Crippen LogP contribution in [0, 0.1) is 5.41 Å². The van der Waals surface area contributed by atoms with Crippen LogP contribution < -0.4 is 0 Å². The van der Waals surface area contributed by atoms with Gasteiger partial charge in [-0.1, -0.05) is 53.7 Å². The number of aryl methyl sites for hydroxylation is 1. The lowest BCUT2D eigenvalue weighted by atomic mass is 9.86. The van der Waals surface area contributed by atoms with E-state index in [4.69, 9.17) is 0 Å². The van der Waals surface area contributed by atoms with Crippen molar-refractivity contribution in [1.82, 2.24) is 4.57 Å². The minimum atomic E-state index is 0.211. The Balaban J connectivity index is 2.92. The molecular weight excluding hydrogens is 206 g/mol. The zero-order valence-electron chi connectivity index (χ0n) is 12.5. The molecule has 1 heterocycles. The van der Waals surface area contributed by atoms with Crippen molar-refractivity contribution in [2.45, 2.75) is 53.4 Å². The molecule has 0 saturated heterocycles. The summed E-state index contributed by atoms with van der Waals surface area (Å²) in [5.74, 6) is 0. The number of aromatic nitrogens is 1. The fraction of sp³-hybridized carbons (Fsp3) is 0.625. The second kappa shape index (κ2) is 4.72. The maximum absolute atomic E-state index is 2.30. The van der Waals surface area contributed by atoms with Crippen LogP contribution >= 0.6 is 0 Å². The molecule has 0 unspecified atom stereocenters. The van der Waals surface area contributed by atoms with Crippen LogP contribution in [0.5, 0.6) is 0 Å². The van der Waals surface area contributed by atoms with E-state index in [1.165, 1.54) is 11.1 Å². The van der Waals surface area contributed by atoms with Gasteiger partial charge < -0.3 is 4.57 Å². The van der Waals surface area contributed by atoms with Gasteiger partial charge in [-0.2, -0.15) is 0 Å². The van der Waals surface area contributed by atoms with Gasteiger partial charge in [-0.25, -0.2) is 0 Å². The molecule has 96 valence electrons. The molecule has 1 heteroatoms. The molecule has 0 aliphatic carbocycles. The molecule has 0 aromatic carbocycles. The average molecular weight is 233 g/mol. The highest BCUT2D eigenvalue weighted by Crippen LogP contribution is 2.28. The van der Waals surface area contributed by atoms with E-state index in [2.05, 4.69) is 77.7 Å². The zero-order valence-corrected chi connectivity index (χ0v) is 12.5. The topological polar surface area (TPSA) is 4.93 Å². The summed E-state index contributed by atoms with van der Waals surface area (Å²) >= 11 is 0. The van der Waals surface area contributed by atoms with Crippen LogP contribution in [0.3, 0.4) is 0 Å². The quantitative estimate of drug-likeness (QED) is 0.693. The summed E-state index contributed by atoms with van der Waals surface area (Å²) in [4.78, 5) is 0. The largest absolute Gasteiger partial charge is 0.356 e. The van der Waals surface area contributed by atoms with E-state index in [0.29, 0.717) is 5.41 Å². The molecule has 0 atom stereocenters. The molecule has 17 heavy (non-hydrogen) atoms. The maximum atomic E-state index is 2.30. The summed E-state index contributed by atoms with van der Waals surface area (Å²) in [5.41, 5.74) is 3.35. The van der Waals surface area contributed by atoms with E-state index < -0.39 is 0 Å². The van der Waals surface area contributed by atoms with Gasteiger partial charge in [0.1, 0.15) is 0 Å². The van der Waals surface area contributed by atoms with Crippen molar-refractivity contribution in [1.29, 1.82) is 0 Å². The fourth-order valence-corrected chi connectivity index (χ4v) is 1.90. The Labute approximate surface area is 107 Å². The average Bonchev–Trinajstić information content (AvgIpc) is 2.43. The van der Waals surface area contributed by atoms with E-state index in [-0.39, 0.29) is 5.41 Å². The first-order valence-electron chi connectivity index (χ1n) is 6.42. The number of hydrogen-bond acceptors (Lipinski definition) is 0. The monoisotopic (exact) mass is 233 g/mol. The van der Waals surface area contributed by atoms with Crippen molar-refractivity contribution in [2.24, 2.45) is 12.5 Å². The second-order valence-corrected chi connectivity index (χ2v) is 7.21. The summed E-state index contributed by atoms with van der Waals surface area (Å²) in [5, 5.41) is 0. The molecular formula is C16H27N. The maximum Gasteiger partial charge on any atom is 0.0107 e. The fourth-order valence-electron chi connectivity index (χ4n) is 1.90. The Kier molecular flexibility index (Phi) is 3.91. The van der Waals surface area contributed by atoms with Crippen molar-refractivity contribution in [2.75, 3.05) is 0 Å². The lowest BCUT2D eigenvalue weighted by Gasteiger charge is -2.18. The van der Waals surface area contributed by atoms with Crippen LogP contribution in [0.2, 0.25) is 0 Å². The molecule has 0 fully saturated rings. The smallest absolute Gasteiger partial charge is 0.0107 e. The Hall–Kier alpha value is -0.980. The van der Waals surface area contributed by atoms with Crippen molar-refractivity contribution in [3.05, 3.63) is 29.6 Å². The van der Waals surface area contributed by atoms with Crippen molar-refractivity contribution >= 4 is 6.08 Å². The summed E-state index contributed by atoms with van der Waals surface area (Å²) < 4.78 is 2.15. The lowest BCUT2D eigenvalue weighted by Crippen LogP contribution is -2.11. The zero-order chi connectivity index (χ0) is 13.3. The molecule has 0 spiro atoms. The van der Waals surface area contributed by atoms with Gasteiger partial charge in [-0.15, -0.1) is 0 Å². The third-order valence-electron chi connectivity index (χ3n) is 2.82. The van der Waals surface area contributed by atoms with Gasteiger partial charge in [0.05, 0.1) is 0 Å². The Morgan fingerprint density at radius 3 is 2.12 bits per heavy atom. The minimum absolute atomic E-state index is 0.211. The van der Waals surface area contributed by atoms with E-state index in [9.17, 15) is 0 Å². The molecule has 0 amide bonds. The highest BCUT2D eigenvalue weighted by atomic mass is 14.9. The number of rotatable bonds is 2. The Bertz CT molecular complexity index is 394. The van der Waals surface area contributed by atoms with Crippen molar-refractivity contribution < 1.29 is 0 Å². The predicted molar refractivity (Wildman–Crippen MR) is 77.2 cm³/mol. The van der Waals surface area contributed by atoms with Crippen molar-refractivity contribution in [3.63, 3.8) is 0 Å². The van der Waals surface area contributed by atoms with Gasteiger partial charge in [0.25, 0.3) is 0 Å². The number of nitrogens with zero attached hydrogens (tertiary/aromatic N) is 1. The first-order chi connectivity index (χ1) is 7.59. The standard InChI is InChI=1S/C16H27N/c1-15(2,3)10-8-9-13-11-17(7)12-14(13)16(4,5)6/h8-9,11-12H,10H2,1-7H3/b9-8+. The van der Waals surface area contributed by atoms with Gasteiger partial charge >= 0.3 is 0 Å². The molecule has 1 aromatic heterocycles. The Morgan fingerprint density at radius 1 is 1.06 bits per heavy atom. The normalized spacial score (nSPS) is 13.6. The van der Waals surface area contributed by atoms with Crippen LogP contribution in [0.25, 0.3) is 6.08 Å². The second-order valence-electron chi connectivity index (χ2n) is 7.21. The molecule has 0 saturated carbocycles. The SMILES string of the molecule is Cn1cc(/C=C/CC(C)(C)C)c(C(C)(C)C)c1. The number of allylic oxidation sites excluding steroid dienone is 1. The minimum Gasteiger partial charge on any atom is -0.356 e. The van der Waals surface area contributed by atoms with E-state index in [0.717, 1.165) is 6.42 Å². The third-order valence-corrected chi connectivity index (χ3v) is 2.82. The summed E-state index contributed by atoms with van der Waals surface area (Å²) in [6, 6.07) is 0. The van der Waals surface area contributed by atoms with Crippen LogP contribution in [-0.2, 0) is 12.5 Å². The van der Waals surface area contributed by atoms with Crippen LogP contribution in [0.15, 0.2) is 18.5 Å². The van der Waals surface area contributed by atoms with Gasteiger partial charge in [0.2, 0.25) is 0 Å². The highest BCUT2D eigenvalue weighted by molar-refractivity contribution is 5.55. The van der Waals surface area contributed by atoms with Gasteiger partial charge in [-0.3, -0.25) is 0 Å². The lowest BCUT2D eigenvalue weighted by molar-refractivity contribution is 0.421. The highest BCUT2D eigenvalue weighted by Gasteiger charge is 2.18. The van der Waals surface area contributed by atoms with Gasteiger partial charge in [0.15, 0.2) is 0 Å². The van der Waals surface area contributed by atoms with Gasteiger partial charge in [0, 0.05) is 19.4 Å². The van der Waals surface area contributed by atoms with E-state index in [1.807, 2.05) is 0 Å². The molecule has 0 aliphatic heterocycles. The predicted octanol–water partition coefficient (Wildman–Crippen LogP) is 4.77. The molecule has 0 bridgehead atoms.